The Morgan fingerprint density at radius 3 is 3.00 bits per heavy atom. The summed E-state index contributed by atoms with van der Waals surface area (Å²) in [6.07, 6.45) is 4.43. The maximum atomic E-state index is 13.0. The van der Waals surface area contributed by atoms with Gasteiger partial charge in [0.05, 0.1) is 6.20 Å². The van der Waals surface area contributed by atoms with E-state index in [0.717, 1.165) is 25.1 Å². The molecule has 0 aliphatic rings. The Morgan fingerprint density at radius 2 is 2.32 bits per heavy atom. The van der Waals surface area contributed by atoms with Gasteiger partial charge in [-0.3, -0.25) is 4.68 Å². The molecule has 6 heteroatoms. The first-order valence-electron chi connectivity index (χ1n) is 6.19. The lowest BCUT2D eigenvalue weighted by Gasteiger charge is -2.15. The van der Waals surface area contributed by atoms with Gasteiger partial charge in [0, 0.05) is 23.8 Å². The van der Waals surface area contributed by atoms with Gasteiger partial charge < -0.3 is 5.32 Å². The fourth-order valence-electron chi connectivity index (χ4n) is 1.87. The Bertz CT molecular complexity index is 515. The van der Waals surface area contributed by atoms with E-state index in [1.54, 1.807) is 16.9 Å². The first-order chi connectivity index (χ1) is 9.16. The Hall–Kier alpha value is -1.46. The second-order valence-corrected chi connectivity index (χ2v) is 4.77. The van der Waals surface area contributed by atoms with Crippen molar-refractivity contribution in [3.8, 4) is 0 Å². The van der Waals surface area contributed by atoms with E-state index in [1.807, 2.05) is 13.1 Å². The SMILES string of the molecule is CC(NCCCn1ccnn1)c1ccc(F)cc1Cl. The monoisotopic (exact) mass is 282 g/mol. The lowest BCUT2D eigenvalue weighted by molar-refractivity contribution is 0.499. The molecule has 1 aromatic carbocycles. The molecular formula is C13H16ClFN4. The van der Waals surface area contributed by atoms with E-state index in [-0.39, 0.29) is 11.9 Å². The molecule has 0 saturated heterocycles. The molecule has 1 atom stereocenters. The summed E-state index contributed by atoms with van der Waals surface area (Å²) in [6.45, 7) is 3.65. The molecule has 4 nitrogen and oxygen atoms in total. The number of rotatable bonds is 6. The van der Waals surface area contributed by atoms with Crippen molar-refractivity contribution in [2.24, 2.45) is 0 Å². The van der Waals surface area contributed by atoms with Gasteiger partial charge in [0.25, 0.3) is 0 Å². The highest BCUT2D eigenvalue weighted by atomic mass is 35.5. The summed E-state index contributed by atoms with van der Waals surface area (Å²) in [6, 6.07) is 4.57. The Balaban J connectivity index is 1.79. The smallest absolute Gasteiger partial charge is 0.124 e. The Labute approximate surface area is 116 Å². The molecule has 0 saturated carbocycles. The highest BCUT2D eigenvalue weighted by molar-refractivity contribution is 6.31. The number of hydrogen-bond donors (Lipinski definition) is 1. The largest absolute Gasteiger partial charge is 0.310 e. The van der Waals surface area contributed by atoms with Crippen LogP contribution >= 0.6 is 11.6 Å². The average molecular weight is 283 g/mol. The summed E-state index contributed by atoms with van der Waals surface area (Å²) in [5.41, 5.74) is 0.906. The second-order valence-electron chi connectivity index (χ2n) is 4.36. The maximum Gasteiger partial charge on any atom is 0.124 e. The molecule has 0 bridgehead atoms. The van der Waals surface area contributed by atoms with E-state index in [0.29, 0.717) is 5.02 Å². The summed E-state index contributed by atoms with van der Waals surface area (Å²) in [5, 5.41) is 11.4. The quantitative estimate of drug-likeness (QED) is 0.829. The predicted molar refractivity (Wildman–Crippen MR) is 72.5 cm³/mol. The van der Waals surface area contributed by atoms with E-state index in [4.69, 9.17) is 11.6 Å². The van der Waals surface area contributed by atoms with Gasteiger partial charge in [0.15, 0.2) is 0 Å². The van der Waals surface area contributed by atoms with Crippen LogP contribution in [0.25, 0.3) is 0 Å². The molecule has 0 aliphatic heterocycles. The van der Waals surface area contributed by atoms with Crippen molar-refractivity contribution in [3.63, 3.8) is 0 Å². The lowest BCUT2D eigenvalue weighted by atomic mass is 10.1. The van der Waals surface area contributed by atoms with E-state index in [2.05, 4.69) is 15.6 Å². The molecule has 102 valence electrons. The molecule has 0 aliphatic carbocycles. The minimum Gasteiger partial charge on any atom is -0.310 e. The zero-order valence-electron chi connectivity index (χ0n) is 10.7. The third kappa shape index (κ3) is 4.01. The fourth-order valence-corrected chi connectivity index (χ4v) is 2.21. The summed E-state index contributed by atoms with van der Waals surface area (Å²) >= 11 is 6.02. The standard InChI is InChI=1S/C13H16ClFN4/c1-10(12-4-3-11(15)9-13(12)14)16-5-2-7-19-8-6-17-18-19/h3-4,6,8-10,16H,2,5,7H2,1H3. The molecule has 1 N–H and O–H groups in total. The van der Waals surface area contributed by atoms with Crippen molar-refractivity contribution in [1.29, 1.82) is 0 Å². The molecule has 1 aromatic heterocycles. The number of aryl methyl sites for hydroxylation is 1. The number of hydrogen-bond acceptors (Lipinski definition) is 3. The highest BCUT2D eigenvalue weighted by Crippen LogP contribution is 2.23. The van der Waals surface area contributed by atoms with Gasteiger partial charge in [0.1, 0.15) is 5.82 Å². The molecule has 0 radical (unpaired) electrons. The Morgan fingerprint density at radius 1 is 1.47 bits per heavy atom. The maximum absolute atomic E-state index is 13.0. The highest BCUT2D eigenvalue weighted by Gasteiger charge is 2.09. The molecular weight excluding hydrogens is 267 g/mol. The molecule has 0 spiro atoms. The van der Waals surface area contributed by atoms with Gasteiger partial charge in [-0.1, -0.05) is 22.9 Å². The van der Waals surface area contributed by atoms with E-state index < -0.39 is 0 Å². The Kier molecular flexibility index (Phi) is 4.87. The van der Waals surface area contributed by atoms with Crippen molar-refractivity contribution < 1.29 is 4.39 Å². The first kappa shape index (κ1) is 14.0. The second kappa shape index (κ2) is 6.63. The summed E-state index contributed by atoms with van der Waals surface area (Å²) in [5.74, 6) is -0.313. The van der Waals surface area contributed by atoms with E-state index >= 15 is 0 Å². The normalized spacial score (nSPS) is 12.6. The van der Waals surface area contributed by atoms with Crippen LogP contribution in [-0.2, 0) is 6.54 Å². The number of benzene rings is 1. The van der Waals surface area contributed by atoms with Crippen LogP contribution < -0.4 is 5.32 Å². The summed E-state index contributed by atoms with van der Waals surface area (Å²) < 4.78 is 14.7. The van der Waals surface area contributed by atoms with Gasteiger partial charge in [-0.2, -0.15) is 0 Å². The minimum atomic E-state index is -0.313. The van der Waals surface area contributed by atoms with Crippen molar-refractivity contribution in [2.45, 2.75) is 25.9 Å². The van der Waals surface area contributed by atoms with Gasteiger partial charge in [-0.25, -0.2) is 4.39 Å². The first-order valence-corrected chi connectivity index (χ1v) is 6.57. The van der Waals surface area contributed by atoms with Crippen LogP contribution in [0.2, 0.25) is 5.02 Å². The molecule has 2 aromatic rings. The topological polar surface area (TPSA) is 42.7 Å². The fraction of sp³-hybridized carbons (Fsp3) is 0.385. The third-order valence-corrected chi connectivity index (χ3v) is 3.24. The molecule has 19 heavy (non-hydrogen) atoms. The van der Waals surface area contributed by atoms with Crippen molar-refractivity contribution in [1.82, 2.24) is 20.3 Å². The van der Waals surface area contributed by atoms with Crippen LogP contribution in [0.1, 0.15) is 24.9 Å². The number of halogens is 2. The summed E-state index contributed by atoms with van der Waals surface area (Å²) in [4.78, 5) is 0. The van der Waals surface area contributed by atoms with Crippen LogP contribution in [0.5, 0.6) is 0 Å². The molecule has 0 fully saturated rings. The predicted octanol–water partition coefficient (Wildman–Crippen LogP) is 2.81. The van der Waals surface area contributed by atoms with E-state index in [1.165, 1.54) is 12.1 Å². The molecule has 1 heterocycles. The van der Waals surface area contributed by atoms with Gasteiger partial charge in [0.2, 0.25) is 0 Å². The van der Waals surface area contributed by atoms with Crippen LogP contribution in [-0.4, -0.2) is 21.5 Å². The third-order valence-electron chi connectivity index (χ3n) is 2.92. The van der Waals surface area contributed by atoms with Crippen molar-refractivity contribution >= 4 is 11.6 Å². The van der Waals surface area contributed by atoms with Crippen molar-refractivity contribution in [3.05, 3.63) is 47.0 Å². The van der Waals surface area contributed by atoms with Gasteiger partial charge >= 0.3 is 0 Å². The average Bonchev–Trinajstić information content (AvgIpc) is 2.87. The van der Waals surface area contributed by atoms with Crippen molar-refractivity contribution in [2.75, 3.05) is 6.54 Å². The van der Waals surface area contributed by atoms with Crippen LogP contribution in [0.4, 0.5) is 4.39 Å². The van der Waals surface area contributed by atoms with Gasteiger partial charge in [-0.15, -0.1) is 5.10 Å². The van der Waals surface area contributed by atoms with Gasteiger partial charge in [-0.05, 0) is 37.6 Å². The molecule has 0 amide bonds. The number of nitrogens with one attached hydrogen (secondary N) is 1. The van der Waals surface area contributed by atoms with Crippen LogP contribution in [0.3, 0.4) is 0 Å². The zero-order valence-corrected chi connectivity index (χ0v) is 11.4. The lowest BCUT2D eigenvalue weighted by Crippen LogP contribution is -2.21. The summed E-state index contributed by atoms with van der Waals surface area (Å²) in [7, 11) is 0. The number of aromatic nitrogens is 3. The van der Waals surface area contributed by atoms with Crippen LogP contribution in [0.15, 0.2) is 30.6 Å². The molecule has 1 unspecified atom stereocenters. The van der Waals surface area contributed by atoms with E-state index in [9.17, 15) is 4.39 Å². The molecule has 2 rings (SSSR count). The zero-order chi connectivity index (χ0) is 13.7. The number of nitrogens with zero attached hydrogens (tertiary/aromatic N) is 3. The minimum absolute atomic E-state index is 0.0869. The van der Waals surface area contributed by atoms with Crippen LogP contribution in [0, 0.1) is 5.82 Å².